The lowest BCUT2D eigenvalue weighted by Crippen LogP contribution is -2.73. The first kappa shape index (κ1) is 22.4. The number of hydrogen-bond acceptors (Lipinski definition) is 6. The molecule has 2 aromatic heterocycles. The van der Waals surface area contributed by atoms with Crippen molar-refractivity contribution < 1.29 is 13.2 Å². The zero-order valence-corrected chi connectivity index (χ0v) is 20.5. The van der Waals surface area contributed by atoms with Gasteiger partial charge >= 0.3 is 0 Å². The average molecular weight is 516 g/mol. The minimum atomic E-state index is -2.62. The van der Waals surface area contributed by atoms with E-state index >= 15 is 0 Å². The van der Waals surface area contributed by atoms with Crippen LogP contribution in [-0.2, 0) is 13.1 Å². The fourth-order valence-electron chi connectivity index (χ4n) is 6.46. The van der Waals surface area contributed by atoms with Crippen LogP contribution in [0.5, 0.6) is 0 Å². The van der Waals surface area contributed by atoms with Crippen LogP contribution in [0.2, 0.25) is 5.02 Å². The molecule has 7 nitrogen and oxygen atoms in total. The maximum atomic E-state index is 13.9. The van der Waals surface area contributed by atoms with Crippen LogP contribution >= 0.6 is 11.6 Å². The number of halogens is 4. The van der Waals surface area contributed by atoms with Gasteiger partial charge in [-0.05, 0) is 42.8 Å². The summed E-state index contributed by atoms with van der Waals surface area (Å²) in [7, 11) is 0. The van der Waals surface area contributed by atoms with Gasteiger partial charge < -0.3 is 9.80 Å². The molecule has 0 amide bonds. The molecular weight excluding hydrogens is 491 g/mol. The molecule has 0 radical (unpaired) electrons. The highest BCUT2D eigenvalue weighted by Crippen LogP contribution is 2.51. The first-order valence-electron chi connectivity index (χ1n) is 12.1. The first-order valence-corrected chi connectivity index (χ1v) is 12.5. The summed E-state index contributed by atoms with van der Waals surface area (Å²) < 4.78 is 43.3. The van der Waals surface area contributed by atoms with Gasteiger partial charge in [0, 0.05) is 61.5 Å². The largest absolute Gasteiger partial charge is 0.355 e. The predicted molar refractivity (Wildman–Crippen MR) is 129 cm³/mol. The monoisotopic (exact) mass is 515 g/mol. The Morgan fingerprint density at radius 1 is 0.944 bits per heavy atom. The molecule has 0 N–H and O–H groups in total. The third-order valence-electron chi connectivity index (χ3n) is 8.14. The van der Waals surface area contributed by atoms with Crippen LogP contribution in [0.1, 0.15) is 31.2 Å². The molecule has 3 fully saturated rings. The highest BCUT2D eigenvalue weighted by Gasteiger charge is 2.57. The second-order valence-electron chi connectivity index (χ2n) is 11.1. The molecule has 1 spiro atoms. The summed E-state index contributed by atoms with van der Waals surface area (Å²) in [5.74, 6) is -0.936. The second kappa shape index (κ2) is 7.35. The lowest BCUT2D eigenvalue weighted by molar-refractivity contribution is -0.173. The van der Waals surface area contributed by atoms with E-state index in [1.54, 1.807) is 6.07 Å². The molecule has 1 aromatic carbocycles. The quantitative estimate of drug-likeness (QED) is 0.485. The molecule has 0 bridgehead atoms. The van der Waals surface area contributed by atoms with Crippen LogP contribution in [0, 0.1) is 11.4 Å². The fraction of sp³-hybridized carbons (Fsp3) is 0.480. The van der Waals surface area contributed by atoms with Gasteiger partial charge in [0.25, 0.3) is 5.92 Å². The Kier molecular flexibility index (Phi) is 4.56. The van der Waals surface area contributed by atoms with E-state index in [9.17, 15) is 13.2 Å². The third kappa shape index (κ3) is 3.41. The molecule has 0 unspecified atom stereocenters. The van der Waals surface area contributed by atoms with Gasteiger partial charge in [-0.25, -0.2) is 13.8 Å². The molecule has 11 heteroatoms. The summed E-state index contributed by atoms with van der Waals surface area (Å²) in [6.45, 7) is 6.10. The summed E-state index contributed by atoms with van der Waals surface area (Å²) in [4.78, 5) is 10.4. The van der Waals surface area contributed by atoms with E-state index in [1.807, 2.05) is 31.2 Å². The zero-order chi connectivity index (χ0) is 24.9. The Hall–Kier alpha value is -2.85. The van der Waals surface area contributed by atoms with Crippen LogP contribution in [0.4, 0.5) is 24.9 Å². The van der Waals surface area contributed by atoms with Crippen molar-refractivity contribution in [1.82, 2.24) is 24.6 Å². The van der Waals surface area contributed by atoms with Gasteiger partial charge in [0.05, 0.1) is 12.2 Å². The Balaban J connectivity index is 1.15. The third-order valence-corrected chi connectivity index (χ3v) is 8.38. The Morgan fingerprint density at radius 3 is 2.42 bits per heavy atom. The highest BCUT2D eigenvalue weighted by molar-refractivity contribution is 6.30. The normalized spacial score (nSPS) is 23.2. The highest BCUT2D eigenvalue weighted by atomic mass is 35.5. The fourth-order valence-corrected chi connectivity index (χ4v) is 6.66. The predicted octanol–water partition coefficient (Wildman–Crippen LogP) is 4.28. The number of anilines is 2. The molecule has 3 aliphatic heterocycles. The molecule has 7 rings (SSSR count). The zero-order valence-electron chi connectivity index (χ0n) is 19.8. The standard InChI is InChI=1S/C25H25ClF3N7/c1-23(10-25(28,29)11-23)35-8-16-7-17(26)5-6-18(16)36-21(9-35)31-32-22(36)34-14-24(15-34)12-33(13-24)20-4-2-3-19(27)30-20/h2-7H,8-15H2,1H3. The lowest BCUT2D eigenvalue weighted by Gasteiger charge is -2.60. The summed E-state index contributed by atoms with van der Waals surface area (Å²) >= 11 is 6.34. The van der Waals surface area contributed by atoms with Crippen molar-refractivity contribution in [3.8, 4) is 5.69 Å². The van der Waals surface area contributed by atoms with Gasteiger partial charge in [0.1, 0.15) is 5.82 Å². The van der Waals surface area contributed by atoms with Crippen LogP contribution < -0.4 is 9.80 Å². The van der Waals surface area contributed by atoms with Gasteiger partial charge in [-0.2, -0.15) is 4.39 Å². The summed E-state index contributed by atoms with van der Waals surface area (Å²) in [5, 5.41) is 9.66. The van der Waals surface area contributed by atoms with Crippen molar-refractivity contribution in [3.05, 3.63) is 58.8 Å². The number of rotatable bonds is 3. The maximum Gasteiger partial charge on any atom is 0.251 e. The molecular formula is C25H25ClF3N7. The van der Waals surface area contributed by atoms with Gasteiger partial charge in [0.2, 0.25) is 11.9 Å². The smallest absolute Gasteiger partial charge is 0.251 e. The van der Waals surface area contributed by atoms with Crippen molar-refractivity contribution in [2.75, 3.05) is 36.0 Å². The van der Waals surface area contributed by atoms with Crippen LogP contribution in [0.15, 0.2) is 36.4 Å². The van der Waals surface area contributed by atoms with Gasteiger partial charge in [-0.1, -0.05) is 17.7 Å². The van der Waals surface area contributed by atoms with E-state index in [1.165, 1.54) is 6.07 Å². The van der Waals surface area contributed by atoms with E-state index in [4.69, 9.17) is 11.6 Å². The van der Waals surface area contributed by atoms with E-state index in [2.05, 4.69) is 34.4 Å². The summed E-state index contributed by atoms with van der Waals surface area (Å²) in [5.41, 5.74) is 1.42. The van der Waals surface area contributed by atoms with Crippen molar-refractivity contribution in [2.45, 2.75) is 44.3 Å². The SMILES string of the molecule is CC1(N2Cc3cc(Cl)ccc3-n3c(nnc3N3CC4(CN(c5cccc(F)n5)C4)C3)C2)CC(F)(F)C1. The van der Waals surface area contributed by atoms with Crippen LogP contribution in [0.25, 0.3) is 5.69 Å². The summed E-state index contributed by atoms with van der Waals surface area (Å²) in [6, 6.07) is 10.6. The summed E-state index contributed by atoms with van der Waals surface area (Å²) in [6.07, 6.45) is -0.329. The molecule has 5 heterocycles. The van der Waals surface area contributed by atoms with Gasteiger partial charge in [0.15, 0.2) is 5.82 Å². The lowest BCUT2D eigenvalue weighted by atomic mass is 9.73. The van der Waals surface area contributed by atoms with E-state index in [-0.39, 0.29) is 18.3 Å². The molecule has 2 saturated heterocycles. The van der Waals surface area contributed by atoms with E-state index in [0.717, 1.165) is 49.2 Å². The number of benzene rings is 1. The first-order chi connectivity index (χ1) is 17.1. The number of alkyl halides is 2. The number of hydrogen-bond donors (Lipinski definition) is 0. The minimum Gasteiger partial charge on any atom is -0.355 e. The van der Waals surface area contributed by atoms with Crippen LogP contribution in [-0.4, -0.2) is 62.3 Å². The average Bonchev–Trinajstić information content (AvgIpc) is 3.05. The minimum absolute atomic E-state index is 0.116. The molecule has 1 aliphatic carbocycles. The van der Waals surface area contributed by atoms with E-state index < -0.39 is 17.4 Å². The Bertz CT molecular complexity index is 1350. The topological polar surface area (TPSA) is 53.3 Å². The molecule has 36 heavy (non-hydrogen) atoms. The van der Waals surface area contributed by atoms with Crippen molar-refractivity contribution >= 4 is 23.4 Å². The molecule has 188 valence electrons. The van der Waals surface area contributed by atoms with Crippen molar-refractivity contribution in [1.29, 1.82) is 0 Å². The number of nitrogens with zero attached hydrogens (tertiary/aromatic N) is 7. The number of pyridine rings is 1. The Labute approximate surface area is 211 Å². The molecule has 4 aliphatic rings. The maximum absolute atomic E-state index is 13.9. The van der Waals surface area contributed by atoms with Gasteiger partial charge in [-0.15, -0.1) is 10.2 Å². The van der Waals surface area contributed by atoms with Crippen molar-refractivity contribution in [3.63, 3.8) is 0 Å². The molecule has 3 aromatic rings. The Morgan fingerprint density at radius 2 is 1.69 bits per heavy atom. The van der Waals surface area contributed by atoms with Crippen LogP contribution in [0.3, 0.4) is 0 Å². The number of fused-ring (bicyclic) bond motifs is 3. The molecule has 0 atom stereocenters. The number of aromatic nitrogens is 4. The van der Waals surface area contributed by atoms with E-state index in [0.29, 0.717) is 23.9 Å². The van der Waals surface area contributed by atoms with Gasteiger partial charge in [-0.3, -0.25) is 9.47 Å². The van der Waals surface area contributed by atoms with Crippen molar-refractivity contribution in [2.24, 2.45) is 5.41 Å². The molecule has 1 saturated carbocycles. The second-order valence-corrected chi connectivity index (χ2v) is 11.6.